The van der Waals surface area contributed by atoms with Crippen LogP contribution in [0.4, 0.5) is 4.39 Å². The van der Waals surface area contributed by atoms with E-state index >= 15 is 0 Å². The number of nitrogens with zero attached hydrogens (tertiary/aromatic N) is 1. The molecular formula is C11H8FNO2S. The van der Waals surface area contributed by atoms with E-state index in [4.69, 9.17) is 5.11 Å². The topological polar surface area (TPSA) is 50.2 Å². The molecule has 0 aliphatic rings. The molecule has 0 radical (unpaired) electrons. The van der Waals surface area contributed by atoms with Gasteiger partial charge in [0.15, 0.2) is 5.69 Å². The molecule has 82 valence electrons. The van der Waals surface area contributed by atoms with Gasteiger partial charge in [-0.1, -0.05) is 12.1 Å². The van der Waals surface area contributed by atoms with Crippen LogP contribution in [0.3, 0.4) is 0 Å². The Balaban J connectivity index is 2.14. The average molecular weight is 237 g/mol. The van der Waals surface area contributed by atoms with Crippen molar-refractivity contribution in [3.05, 3.63) is 51.7 Å². The summed E-state index contributed by atoms with van der Waals surface area (Å²) in [5.41, 5.74) is 0.967. The number of halogens is 1. The summed E-state index contributed by atoms with van der Waals surface area (Å²) in [5.74, 6) is -1.31. The van der Waals surface area contributed by atoms with E-state index in [-0.39, 0.29) is 11.5 Å². The van der Waals surface area contributed by atoms with Crippen molar-refractivity contribution in [1.82, 2.24) is 4.98 Å². The molecule has 2 rings (SSSR count). The van der Waals surface area contributed by atoms with Crippen molar-refractivity contribution in [1.29, 1.82) is 0 Å². The summed E-state index contributed by atoms with van der Waals surface area (Å²) in [6.45, 7) is 0. The molecule has 0 spiro atoms. The van der Waals surface area contributed by atoms with Gasteiger partial charge in [-0.3, -0.25) is 0 Å². The highest BCUT2D eigenvalue weighted by Gasteiger charge is 2.08. The molecule has 5 heteroatoms. The summed E-state index contributed by atoms with van der Waals surface area (Å²) >= 11 is 1.29. The third kappa shape index (κ3) is 2.43. The normalized spacial score (nSPS) is 10.3. The zero-order chi connectivity index (χ0) is 11.5. The van der Waals surface area contributed by atoms with Crippen LogP contribution < -0.4 is 0 Å². The molecular weight excluding hydrogens is 229 g/mol. The maximum atomic E-state index is 12.6. The number of carboxylic acid groups (broad SMARTS) is 1. The molecule has 3 nitrogen and oxygen atoms in total. The summed E-state index contributed by atoms with van der Waals surface area (Å²) in [5, 5.41) is 10.9. The van der Waals surface area contributed by atoms with Gasteiger partial charge in [0.1, 0.15) is 5.82 Å². The number of aromatic carboxylic acids is 1. The lowest BCUT2D eigenvalue weighted by molar-refractivity contribution is 0.0691. The first kappa shape index (κ1) is 10.8. The Kier molecular flexibility index (Phi) is 2.96. The average Bonchev–Trinajstić information content (AvgIpc) is 2.70. The first-order valence-electron chi connectivity index (χ1n) is 4.57. The largest absolute Gasteiger partial charge is 0.476 e. The predicted octanol–water partition coefficient (Wildman–Crippen LogP) is 2.57. The summed E-state index contributed by atoms with van der Waals surface area (Å²) < 4.78 is 12.6. The molecule has 1 aromatic carbocycles. The van der Waals surface area contributed by atoms with Crippen LogP contribution in [0.5, 0.6) is 0 Å². The van der Waals surface area contributed by atoms with E-state index in [1.165, 1.54) is 28.8 Å². The van der Waals surface area contributed by atoms with E-state index in [0.29, 0.717) is 11.4 Å². The highest BCUT2D eigenvalue weighted by Crippen LogP contribution is 2.15. The Morgan fingerprint density at radius 2 is 2.06 bits per heavy atom. The summed E-state index contributed by atoms with van der Waals surface area (Å²) in [6, 6.07) is 6.08. The Labute approximate surface area is 95.2 Å². The number of hydrogen-bond donors (Lipinski definition) is 1. The van der Waals surface area contributed by atoms with Gasteiger partial charge in [0, 0.05) is 11.8 Å². The molecule has 0 saturated carbocycles. The fourth-order valence-electron chi connectivity index (χ4n) is 1.27. The number of rotatable bonds is 3. The minimum atomic E-state index is -1.03. The molecule has 0 amide bonds. The minimum Gasteiger partial charge on any atom is -0.476 e. The molecule has 16 heavy (non-hydrogen) atoms. The number of hydrogen-bond acceptors (Lipinski definition) is 3. The van der Waals surface area contributed by atoms with Gasteiger partial charge >= 0.3 is 5.97 Å². The number of carbonyl (C=O) groups is 1. The monoisotopic (exact) mass is 237 g/mol. The number of benzene rings is 1. The molecule has 0 saturated heterocycles. The second-order valence-electron chi connectivity index (χ2n) is 3.23. The molecule has 0 fully saturated rings. The fourth-order valence-corrected chi connectivity index (χ4v) is 2.07. The summed E-state index contributed by atoms with van der Waals surface area (Å²) in [6.07, 6.45) is 0.526. The van der Waals surface area contributed by atoms with Crippen LogP contribution in [0.25, 0.3) is 0 Å². The number of thiazole rings is 1. The second-order valence-corrected chi connectivity index (χ2v) is 4.18. The summed E-state index contributed by atoms with van der Waals surface area (Å²) in [4.78, 5) is 14.6. The first-order valence-corrected chi connectivity index (χ1v) is 5.45. The molecule has 0 unspecified atom stereocenters. The van der Waals surface area contributed by atoms with Crippen molar-refractivity contribution in [2.75, 3.05) is 0 Å². The van der Waals surface area contributed by atoms with Crippen molar-refractivity contribution in [2.45, 2.75) is 6.42 Å². The molecule has 1 heterocycles. The van der Waals surface area contributed by atoms with Gasteiger partial charge in [0.05, 0.1) is 5.01 Å². The van der Waals surface area contributed by atoms with Crippen LogP contribution in [-0.4, -0.2) is 16.1 Å². The Hall–Kier alpha value is -1.75. The van der Waals surface area contributed by atoms with Crippen molar-refractivity contribution in [3.8, 4) is 0 Å². The summed E-state index contributed by atoms with van der Waals surface area (Å²) in [7, 11) is 0. The van der Waals surface area contributed by atoms with Gasteiger partial charge in [0.25, 0.3) is 0 Å². The maximum absolute atomic E-state index is 12.6. The van der Waals surface area contributed by atoms with Crippen molar-refractivity contribution in [3.63, 3.8) is 0 Å². The van der Waals surface area contributed by atoms with Crippen LogP contribution in [0.2, 0.25) is 0 Å². The van der Waals surface area contributed by atoms with Gasteiger partial charge in [-0.2, -0.15) is 0 Å². The highest BCUT2D eigenvalue weighted by atomic mass is 32.1. The number of carboxylic acids is 1. The first-order chi connectivity index (χ1) is 7.65. The Bertz CT molecular complexity index is 507. The lowest BCUT2D eigenvalue weighted by Gasteiger charge is -1.96. The zero-order valence-electron chi connectivity index (χ0n) is 8.18. The van der Waals surface area contributed by atoms with E-state index in [9.17, 15) is 9.18 Å². The lowest BCUT2D eigenvalue weighted by Crippen LogP contribution is -1.97. The molecule has 0 aliphatic carbocycles. The molecule has 2 aromatic rings. The molecule has 0 bridgehead atoms. The van der Waals surface area contributed by atoms with E-state index in [2.05, 4.69) is 4.98 Å². The minimum absolute atomic E-state index is 0.0575. The van der Waals surface area contributed by atoms with E-state index < -0.39 is 5.97 Å². The smallest absolute Gasteiger partial charge is 0.355 e. The van der Waals surface area contributed by atoms with Gasteiger partial charge in [-0.25, -0.2) is 14.2 Å². The van der Waals surface area contributed by atoms with Gasteiger partial charge in [-0.05, 0) is 17.7 Å². The SMILES string of the molecule is O=C(O)c1csc(Cc2ccc(F)cc2)n1. The van der Waals surface area contributed by atoms with E-state index in [0.717, 1.165) is 5.56 Å². The second kappa shape index (κ2) is 4.40. The third-order valence-corrected chi connectivity index (χ3v) is 2.89. The zero-order valence-corrected chi connectivity index (χ0v) is 9.00. The van der Waals surface area contributed by atoms with Gasteiger partial charge < -0.3 is 5.11 Å². The van der Waals surface area contributed by atoms with E-state index in [1.54, 1.807) is 12.1 Å². The van der Waals surface area contributed by atoms with Gasteiger partial charge in [0.2, 0.25) is 0 Å². The molecule has 1 aromatic heterocycles. The highest BCUT2D eigenvalue weighted by molar-refractivity contribution is 7.09. The third-order valence-electron chi connectivity index (χ3n) is 2.04. The van der Waals surface area contributed by atoms with Crippen LogP contribution in [-0.2, 0) is 6.42 Å². The number of aromatic nitrogens is 1. The van der Waals surface area contributed by atoms with Crippen molar-refractivity contribution < 1.29 is 14.3 Å². The molecule has 0 aliphatic heterocycles. The maximum Gasteiger partial charge on any atom is 0.355 e. The van der Waals surface area contributed by atoms with Crippen LogP contribution in [0.15, 0.2) is 29.6 Å². The lowest BCUT2D eigenvalue weighted by atomic mass is 10.1. The van der Waals surface area contributed by atoms with Crippen molar-refractivity contribution >= 4 is 17.3 Å². The Morgan fingerprint density at radius 3 is 2.62 bits per heavy atom. The van der Waals surface area contributed by atoms with Crippen LogP contribution >= 0.6 is 11.3 Å². The van der Waals surface area contributed by atoms with Gasteiger partial charge in [-0.15, -0.1) is 11.3 Å². The van der Waals surface area contributed by atoms with Crippen molar-refractivity contribution in [2.24, 2.45) is 0 Å². The fraction of sp³-hybridized carbons (Fsp3) is 0.0909. The molecule has 0 atom stereocenters. The molecule has 1 N–H and O–H groups in total. The standard InChI is InChI=1S/C11H8FNO2S/c12-8-3-1-7(2-4-8)5-10-13-9(6-16-10)11(14)15/h1-4,6H,5H2,(H,14,15). The van der Waals surface area contributed by atoms with Crippen LogP contribution in [0, 0.1) is 5.82 Å². The predicted molar refractivity (Wildman–Crippen MR) is 58.3 cm³/mol. The quantitative estimate of drug-likeness (QED) is 0.892. The van der Waals surface area contributed by atoms with E-state index in [1.807, 2.05) is 0 Å². The van der Waals surface area contributed by atoms with Crippen LogP contribution in [0.1, 0.15) is 21.1 Å². The Morgan fingerprint density at radius 1 is 1.38 bits per heavy atom.